The van der Waals surface area contributed by atoms with Crippen LogP contribution in [0, 0.1) is 0 Å². The van der Waals surface area contributed by atoms with Crippen molar-refractivity contribution in [2.24, 2.45) is 0 Å². The molecule has 2 aliphatic rings. The largest absolute Gasteiger partial charge is 0.393 e. The minimum Gasteiger partial charge on any atom is -0.393 e. The van der Waals surface area contributed by atoms with E-state index in [0.29, 0.717) is 43.3 Å². The van der Waals surface area contributed by atoms with Crippen molar-refractivity contribution < 1.29 is 14.6 Å². The van der Waals surface area contributed by atoms with Crippen molar-refractivity contribution in [1.82, 2.24) is 14.9 Å². The van der Waals surface area contributed by atoms with Crippen LogP contribution in [0.15, 0.2) is 29.1 Å². The van der Waals surface area contributed by atoms with Crippen LogP contribution in [0.25, 0.3) is 11.0 Å². The van der Waals surface area contributed by atoms with E-state index in [9.17, 15) is 14.7 Å². The molecular weight excluding hydrogens is 322 g/mol. The molecule has 2 fully saturated rings. The van der Waals surface area contributed by atoms with E-state index in [1.165, 1.54) is 0 Å². The molecule has 7 nitrogen and oxygen atoms in total. The Labute approximate surface area is 144 Å². The van der Waals surface area contributed by atoms with Crippen LogP contribution < -0.4 is 5.56 Å². The second-order valence-corrected chi connectivity index (χ2v) is 6.89. The van der Waals surface area contributed by atoms with Gasteiger partial charge in [0.1, 0.15) is 0 Å². The van der Waals surface area contributed by atoms with E-state index < -0.39 is 23.2 Å². The summed E-state index contributed by atoms with van der Waals surface area (Å²) in [4.78, 5) is 34.1. The highest BCUT2D eigenvalue weighted by atomic mass is 16.5. The number of aromatic nitrogens is 2. The molecule has 2 heterocycles. The maximum Gasteiger partial charge on any atom is 0.280 e. The Balaban J connectivity index is 1.71. The number of ether oxygens (including phenoxy) is 1. The van der Waals surface area contributed by atoms with E-state index in [1.807, 2.05) is 6.07 Å². The fourth-order valence-electron chi connectivity index (χ4n) is 4.23. The first-order valence-corrected chi connectivity index (χ1v) is 8.57. The number of H-pyrrole nitrogens is 1. The van der Waals surface area contributed by atoms with E-state index in [2.05, 4.69) is 9.97 Å². The molecule has 2 aromatic rings. The van der Waals surface area contributed by atoms with Crippen molar-refractivity contribution in [3.05, 3.63) is 40.3 Å². The zero-order valence-corrected chi connectivity index (χ0v) is 14.1. The lowest BCUT2D eigenvalue weighted by Crippen LogP contribution is -2.53. The van der Waals surface area contributed by atoms with Gasteiger partial charge >= 0.3 is 0 Å². The third kappa shape index (κ3) is 2.54. The highest BCUT2D eigenvalue weighted by molar-refractivity contribution is 5.94. The van der Waals surface area contributed by atoms with Crippen LogP contribution in [0.1, 0.15) is 36.2 Å². The van der Waals surface area contributed by atoms with Crippen LogP contribution >= 0.6 is 0 Å². The molecule has 1 aliphatic heterocycles. The minimum absolute atomic E-state index is 0.106. The fraction of sp³-hybridized carbons (Fsp3) is 0.500. The molecular formula is C18H21N3O4. The molecule has 0 radical (unpaired) electrons. The number of likely N-dealkylation sites (tertiary alicyclic amines) is 1. The van der Waals surface area contributed by atoms with Gasteiger partial charge in [-0.05, 0) is 37.8 Å². The summed E-state index contributed by atoms with van der Waals surface area (Å²) in [6.45, 7) is 0.498. The van der Waals surface area contributed by atoms with Gasteiger partial charge in [0.15, 0.2) is 5.69 Å². The Morgan fingerprint density at radius 3 is 3.00 bits per heavy atom. The summed E-state index contributed by atoms with van der Waals surface area (Å²) in [5.74, 6) is -0.398. The summed E-state index contributed by atoms with van der Waals surface area (Å²) >= 11 is 0. The van der Waals surface area contributed by atoms with Gasteiger partial charge in [-0.3, -0.25) is 9.59 Å². The lowest BCUT2D eigenvalue weighted by molar-refractivity contribution is -0.0825. The molecule has 25 heavy (non-hydrogen) atoms. The normalized spacial score (nSPS) is 29.0. The van der Waals surface area contributed by atoms with Gasteiger partial charge in [0, 0.05) is 13.7 Å². The first kappa shape index (κ1) is 16.2. The second kappa shape index (κ2) is 5.93. The monoisotopic (exact) mass is 343 g/mol. The molecule has 1 aliphatic carbocycles. The number of fused-ring (bicyclic) bond motifs is 2. The Bertz CT molecular complexity index is 880. The number of hydrogen-bond acceptors (Lipinski definition) is 5. The highest BCUT2D eigenvalue weighted by Crippen LogP contribution is 2.42. The molecule has 132 valence electrons. The lowest BCUT2D eigenvalue weighted by atomic mass is 9.79. The topological polar surface area (TPSA) is 95.5 Å². The van der Waals surface area contributed by atoms with E-state index in [0.717, 1.165) is 0 Å². The van der Waals surface area contributed by atoms with Gasteiger partial charge < -0.3 is 19.7 Å². The molecule has 0 spiro atoms. The van der Waals surface area contributed by atoms with Gasteiger partial charge in [-0.15, -0.1) is 0 Å². The van der Waals surface area contributed by atoms with Crippen molar-refractivity contribution in [3.63, 3.8) is 0 Å². The average Bonchev–Trinajstić information content (AvgIpc) is 3.00. The maximum atomic E-state index is 13.0. The number of amides is 1. The number of carbonyl (C=O) groups is 1. The summed E-state index contributed by atoms with van der Waals surface area (Å²) < 4.78 is 5.76. The van der Waals surface area contributed by atoms with Crippen LogP contribution in [-0.4, -0.2) is 57.3 Å². The first-order chi connectivity index (χ1) is 12.0. The SMILES string of the molecule is CO[C@]12CC[C@@H](O)C[C@H]1N(C(=O)c1nc3ccccc3[nH]c1=O)CC2. The summed E-state index contributed by atoms with van der Waals surface area (Å²) in [6, 6.07) is 6.89. The van der Waals surface area contributed by atoms with Crippen molar-refractivity contribution in [2.75, 3.05) is 13.7 Å². The van der Waals surface area contributed by atoms with Crippen LogP contribution in [0.2, 0.25) is 0 Å². The maximum absolute atomic E-state index is 13.0. The Morgan fingerprint density at radius 1 is 1.40 bits per heavy atom. The van der Waals surface area contributed by atoms with E-state index in [4.69, 9.17) is 4.74 Å². The predicted molar refractivity (Wildman–Crippen MR) is 91.4 cm³/mol. The summed E-state index contributed by atoms with van der Waals surface area (Å²) in [6.07, 6.45) is 2.09. The molecule has 2 N–H and O–H groups in total. The molecule has 1 aromatic heterocycles. The van der Waals surface area contributed by atoms with Crippen LogP contribution in [0.3, 0.4) is 0 Å². The average molecular weight is 343 g/mol. The Morgan fingerprint density at radius 2 is 2.20 bits per heavy atom. The molecule has 1 amide bonds. The van der Waals surface area contributed by atoms with Crippen molar-refractivity contribution in [3.8, 4) is 0 Å². The van der Waals surface area contributed by atoms with Gasteiger partial charge in [0.05, 0.1) is 28.8 Å². The predicted octanol–water partition coefficient (Wildman–Crippen LogP) is 1.07. The highest BCUT2D eigenvalue weighted by Gasteiger charge is 2.52. The number of benzene rings is 1. The number of nitrogens with one attached hydrogen (secondary N) is 1. The number of rotatable bonds is 2. The van der Waals surface area contributed by atoms with Gasteiger partial charge in [0.25, 0.3) is 11.5 Å². The Kier molecular flexibility index (Phi) is 3.85. The third-order valence-electron chi connectivity index (χ3n) is 5.63. The molecule has 1 saturated carbocycles. The number of hydrogen-bond donors (Lipinski definition) is 2. The summed E-state index contributed by atoms with van der Waals surface area (Å²) in [7, 11) is 1.65. The first-order valence-electron chi connectivity index (χ1n) is 8.57. The zero-order chi connectivity index (χ0) is 17.6. The number of aliphatic hydroxyl groups is 1. The van der Waals surface area contributed by atoms with E-state index in [-0.39, 0.29) is 11.7 Å². The fourth-order valence-corrected chi connectivity index (χ4v) is 4.23. The molecule has 1 aromatic carbocycles. The van der Waals surface area contributed by atoms with Crippen molar-refractivity contribution in [1.29, 1.82) is 0 Å². The standard InChI is InChI=1S/C18H21N3O4/c1-25-18-7-6-11(22)10-14(18)21(9-8-18)17(24)15-16(23)20-13-5-3-2-4-12(13)19-15/h2-5,11,14,22H,6-10H2,1H3,(H,20,23)/t11-,14-,18+/m1/s1. The van der Waals surface area contributed by atoms with Crippen LogP contribution in [0.5, 0.6) is 0 Å². The number of nitrogens with zero attached hydrogens (tertiary/aromatic N) is 2. The van der Waals surface area contributed by atoms with Crippen molar-refractivity contribution >= 4 is 16.9 Å². The van der Waals surface area contributed by atoms with Crippen LogP contribution in [0.4, 0.5) is 0 Å². The minimum atomic E-state index is -0.491. The molecule has 0 unspecified atom stereocenters. The summed E-state index contributed by atoms with van der Waals surface area (Å²) in [5, 5.41) is 10.1. The van der Waals surface area contributed by atoms with Gasteiger partial charge in [-0.25, -0.2) is 4.98 Å². The van der Waals surface area contributed by atoms with Gasteiger partial charge in [-0.1, -0.05) is 12.1 Å². The lowest BCUT2D eigenvalue weighted by Gasteiger charge is -2.42. The molecule has 0 bridgehead atoms. The molecule has 1 saturated heterocycles. The molecule has 4 rings (SSSR count). The molecule has 3 atom stereocenters. The quantitative estimate of drug-likeness (QED) is 0.850. The number of methoxy groups -OCH3 is 1. The smallest absolute Gasteiger partial charge is 0.280 e. The van der Waals surface area contributed by atoms with E-state index in [1.54, 1.807) is 30.2 Å². The van der Waals surface area contributed by atoms with Gasteiger partial charge in [0.2, 0.25) is 0 Å². The van der Waals surface area contributed by atoms with Gasteiger partial charge in [-0.2, -0.15) is 0 Å². The number of carbonyl (C=O) groups excluding carboxylic acids is 1. The number of para-hydroxylation sites is 2. The summed E-state index contributed by atoms with van der Waals surface area (Å²) in [5.41, 5.74) is 0.148. The van der Waals surface area contributed by atoms with Crippen LogP contribution in [-0.2, 0) is 4.74 Å². The second-order valence-electron chi connectivity index (χ2n) is 6.89. The Hall–Kier alpha value is -2.25. The number of aliphatic hydroxyl groups excluding tert-OH is 1. The molecule has 7 heteroatoms. The zero-order valence-electron chi connectivity index (χ0n) is 14.1. The van der Waals surface area contributed by atoms with Crippen molar-refractivity contribution in [2.45, 2.75) is 43.4 Å². The number of aromatic amines is 1. The third-order valence-corrected chi connectivity index (χ3v) is 5.63. The van der Waals surface area contributed by atoms with E-state index >= 15 is 0 Å².